The van der Waals surface area contributed by atoms with Gasteiger partial charge in [0.1, 0.15) is 0 Å². The van der Waals surface area contributed by atoms with Crippen LogP contribution < -0.4 is 0 Å². The molecule has 1 atom stereocenters. The van der Waals surface area contributed by atoms with Crippen LogP contribution in [0.4, 0.5) is 0 Å². The molecule has 1 unspecified atom stereocenters. The van der Waals surface area contributed by atoms with Gasteiger partial charge in [0.25, 0.3) is 0 Å². The first-order valence-corrected chi connectivity index (χ1v) is 3.21. The van der Waals surface area contributed by atoms with Gasteiger partial charge in [0.05, 0.1) is 0 Å². The van der Waals surface area contributed by atoms with E-state index in [1.165, 1.54) is 6.08 Å². The highest BCUT2D eigenvalue weighted by Gasteiger charge is 2.28. The van der Waals surface area contributed by atoms with E-state index in [1.54, 1.807) is 0 Å². The van der Waals surface area contributed by atoms with Gasteiger partial charge in [-0.2, -0.15) is 0 Å². The fourth-order valence-corrected chi connectivity index (χ4v) is 0.760. The summed E-state index contributed by atoms with van der Waals surface area (Å²) < 4.78 is 9.15. The topological polar surface area (TPSA) is 52.6 Å². The Morgan fingerprint density at radius 3 is 3.00 bits per heavy atom. The molecule has 1 aliphatic heterocycles. The molecule has 0 aromatic heterocycles. The Bertz CT molecular complexity index is 197. The smallest absolute Gasteiger partial charge is 0.348 e. The monoisotopic (exact) mass is 156 g/mol. The van der Waals surface area contributed by atoms with Crippen molar-refractivity contribution in [3.63, 3.8) is 0 Å². The Balaban J connectivity index is 2.53. The van der Waals surface area contributed by atoms with Gasteiger partial charge in [-0.15, -0.1) is 6.58 Å². The van der Waals surface area contributed by atoms with Crippen molar-refractivity contribution in [3.05, 3.63) is 12.7 Å². The Morgan fingerprint density at radius 2 is 2.36 bits per heavy atom. The van der Waals surface area contributed by atoms with Crippen LogP contribution in [0.5, 0.6) is 0 Å². The zero-order chi connectivity index (χ0) is 8.27. The lowest BCUT2D eigenvalue weighted by atomic mass is 10.2. The molecule has 0 amide bonds. The maximum absolute atomic E-state index is 10.8. The third kappa shape index (κ3) is 1.80. The normalized spacial score (nSPS) is 23.8. The number of rotatable bonds is 2. The highest BCUT2D eigenvalue weighted by atomic mass is 16.6. The predicted octanol–water partition coefficient (Wildman–Crippen LogP) is 0.0311. The third-order valence-corrected chi connectivity index (χ3v) is 1.25. The molecule has 0 aromatic carbocycles. The molecule has 1 fully saturated rings. The van der Waals surface area contributed by atoms with Crippen molar-refractivity contribution < 1.29 is 19.1 Å². The maximum atomic E-state index is 10.8. The standard InChI is InChI=1S/C7H8O4/c1-2-3-5-7(9)10-4-6(8)11-5/h2,5H,1,3-4H2. The Hall–Kier alpha value is -1.32. The lowest BCUT2D eigenvalue weighted by Crippen LogP contribution is -2.37. The summed E-state index contributed by atoms with van der Waals surface area (Å²) in [5.74, 6) is -0.999. The SMILES string of the molecule is C=CCC1OC(=O)COC1=O. The Morgan fingerprint density at radius 1 is 1.64 bits per heavy atom. The van der Waals surface area contributed by atoms with Gasteiger partial charge in [0.15, 0.2) is 6.61 Å². The largest absolute Gasteiger partial charge is 0.451 e. The first-order chi connectivity index (χ1) is 5.24. The summed E-state index contributed by atoms with van der Waals surface area (Å²) in [5.41, 5.74) is 0. The summed E-state index contributed by atoms with van der Waals surface area (Å²) in [7, 11) is 0. The molecule has 0 aromatic rings. The quantitative estimate of drug-likeness (QED) is 0.418. The number of carbonyl (C=O) groups excluding carboxylic acids is 2. The van der Waals surface area contributed by atoms with E-state index in [4.69, 9.17) is 0 Å². The Kier molecular flexibility index (Phi) is 2.25. The molecule has 4 nitrogen and oxygen atoms in total. The van der Waals surface area contributed by atoms with Crippen molar-refractivity contribution in [2.24, 2.45) is 0 Å². The second-order valence-electron chi connectivity index (χ2n) is 2.11. The van der Waals surface area contributed by atoms with Crippen LogP contribution >= 0.6 is 0 Å². The third-order valence-electron chi connectivity index (χ3n) is 1.25. The summed E-state index contributed by atoms with van der Waals surface area (Å²) in [6, 6.07) is 0. The molecule has 1 rings (SSSR count). The zero-order valence-corrected chi connectivity index (χ0v) is 5.91. The van der Waals surface area contributed by atoms with Crippen LogP contribution in [0.3, 0.4) is 0 Å². The molecular formula is C7H8O4. The molecule has 1 saturated heterocycles. The van der Waals surface area contributed by atoms with Crippen LogP contribution in [-0.4, -0.2) is 24.6 Å². The molecule has 1 heterocycles. The van der Waals surface area contributed by atoms with Crippen molar-refractivity contribution in [2.75, 3.05) is 6.61 Å². The highest BCUT2D eigenvalue weighted by molar-refractivity contribution is 5.85. The minimum Gasteiger partial charge on any atom is -0.451 e. The lowest BCUT2D eigenvalue weighted by Gasteiger charge is -2.19. The van der Waals surface area contributed by atoms with Crippen LogP contribution in [-0.2, 0) is 19.1 Å². The number of hydrogen-bond donors (Lipinski definition) is 0. The van der Waals surface area contributed by atoms with Crippen LogP contribution in [0.2, 0.25) is 0 Å². The van der Waals surface area contributed by atoms with Gasteiger partial charge >= 0.3 is 11.9 Å². The summed E-state index contributed by atoms with van der Waals surface area (Å²) in [4.78, 5) is 21.3. The lowest BCUT2D eigenvalue weighted by molar-refractivity contribution is -0.184. The highest BCUT2D eigenvalue weighted by Crippen LogP contribution is 2.07. The summed E-state index contributed by atoms with van der Waals surface area (Å²) >= 11 is 0. The van der Waals surface area contributed by atoms with Gasteiger partial charge in [-0.3, -0.25) is 0 Å². The predicted molar refractivity (Wildman–Crippen MR) is 35.7 cm³/mol. The van der Waals surface area contributed by atoms with Gasteiger partial charge in [-0.25, -0.2) is 9.59 Å². The number of cyclic esters (lactones) is 2. The second kappa shape index (κ2) is 3.18. The average molecular weight is 156 g/mol. The second-order valence-corrected chi connectivity index (χ2v) is 2.11. The van der Waals surface area contributed by atoms with E-state index < -0.39 is 18.0 Å². The maximum Gasteiger partial charge on any atom is 0.348 e. The molecule has 0 N–H and O–H groups in total. The molecular weight excluding hydrogens is 148 g/mol. The fraction of sp³-hybridized carbons (Fsp3) is 0.429. The number of hydrogen-bond acceptors (Lipinski definition) is 4. The van der Waals surface area contributed by atoms with Crippen molar-refractivity contribution in [1.29, 1.82) is 0 Å². The van der Waals surface area contributed by atoms with E-state index >= 15 is 0 Å². The van der Waals surface area contributed by atoms with Crippen LogP contribution in [0.15, 0.2) is 12.7 Å². The van der Waals surface area contributed by atoms with E-state index in [0.717, 1.165) is 0 Å². The van der Waals surface area contributed by atoms with E-state index in [1.807, 2.05) is 0 Å². The Labute approximate surface area is 63.8 Å². The molecule has 11 heavy (non-hydrogen) atoms. The van der Waals surface area contributed by atoms with Crippen LogP contribution in [0, 0.1) is 0 Å². The van der Waals surface area contributed by atoms with Crippen molar-refractivity contribution >= 4 is 11.9 Å². The number of esters is 2. The number of ether oxygens (including phenoxy) is 2. The van der Waals surface area contributed by atoms with Gasteiger partial charge in [0.2, 0.25) is 6.10 Å². The van der Waals surface area contributed by atoms with E-state index in [-0.39, 0.29) is 6.61 Å². The minimum absolute atomic E-state index is 0.271. The molecule has 1 aliphatic rings. The van der Waals surface area contributed by atoms with E-state index in [9.17, 15) is 9.59 Å². The van der Waals surface area contributed by atoms with Gasteiger partial charge < -0.3 is 9.47 Å². The van der Waals surface area contributed by atoms with Gasteiger partial charge in [0, 0.05) is 6.42 Å². The van der Waals surface area contributed by atoms with Gasteiger partial charge in [-0.05, 0) is 0 Å². The summed E-state index contributed by atoms with van der Waals surface area (Å²) in [6.45, 7) is 3.14. The molecule has 0 saturated carbocycles. The molecule has 0 spiro atoms. The zero-order valence-electron chi connectivity index (χ0n) is 5.91. The average Bonchev–Trinajstić information content (AvgIpc) is 1.98. The summed E-state index contributed by atoms with van der Waals surface area (Å²) in [6.07, 6.45) is 1.03. The molecule has 4 heteroatoms. The first-order valence-electron chi connectivity index (χ1n) is 3.21. The number of carbonyl (C=O) groups is 2. The van der Waals surface area contributed by atoms with E-state index in [2.05, 4.69) is 16.1 Å². The van der Waals surface area contributed by atoms with Gasteiger partial charge in [-0.1, -0.05) is 6.08 Å². The molecule has 0 radical (unpaired) electrons. The van der Waals surface area contributed by atoms with Crippen molar-refractivity contribution in [2.45, 2.75) is 12.5 Å². The first kappa shape index (κ1) is 7.78. The van der Waals surface area contributed by atoms with E-state index in [0.29, 0.717) is 6.42 Å². The molecule has 0 aliphatic carbocycles. The van der Waals surface area contributed by atoms with Crippen LogP contribution in [0.25, 0.3) is 0 Å². The molecule has 0 bridgehead atoms. The fourth-order valence-electron chi connectivity index (χ4n) is 0.760. The van der Waals surface area contributed by atoms with Crippen LogP contribution in [0.1, 0.15) is 6.42 Å². The minimum atomic E-state index is -0.784. The molecule has 60 valence electrons. The summed E-state index contributed by atoms with van der Waals surface area (Å²) in [5, 5.41) is 0. The van der Waals surface area contributed by atoms with Crippen molar-refractivity contribution in [1.82, 2.24) is 0 Å². The van der Waals surface area contributed by atoms with Crippen molar-refractivity contribution in [3.8, 4) is 0 Å².